The summed E-state index contributed by atoms with van der Waals surface area (Å²) in [6.07, 6.45) is 2.96. The third kappa shape index (κ3) is 5.86. The molecular weight excluding hydrogens is 396 g/mol. The van der Waals surface area contributed by atoms with Crippen LogP contribution < -0.4 is 20.3 Å². The minimum atomic E-state index is -3.17. The molecule has 0 radical (unpaired) electrons. The minimum Gasteiger partial charge on any atom is -0.491 e. The van der Waals surface area contributed by atoms with Crippen LogP contribution in [0.4, 0.5) is 0 Å². The van der Waals surface area contributed by atoms with Crippen molar-refractivity contribution in [3.8, 4) is 11.5 Å². The molecule has 1 atom stereocenters. The van der Waals surface area contributed by atoms with Crippen molar-refractivity contribution in [3.05, 3.63) is 28.8 Å². The number of carbonyl (C=O) groups is 2. The number of hydrogen-bond acceptors (Lipinski definition) is 6. The van der Waals surface area contributed by atoms with Gasteiger partial charge in [-0.3, -0.25) is 20.4 Å². The van der Waals surface area contributed by atoms with Gasteiger partial charge in [-0.1, -0.05) is 11.6 Å². The van der Waals surface area contributed by atoms with E-state index in [4.69, 9.17) is 21.1 Å². The fraction of sp³-hybridized carbons (Fsp3) is 0.412. The van der Waals surface area contributed by atoms with Crippen LogP contribution in [0, 0.1) is 5.92 Å². The molecule has 0 aromatic heterocycles. The number of sulfone groups is 1. The first-order chi connectivity index (χ1) is 12.8. The maximum absolute atomic E-state index is 11.9. The van der Waals surface area contributed by atoms with E-state index < -0.39 is 27.6 Å². The molecule has 2 N–H and O–H groups in total. The molecule has 1 aromatic rings. The van der Waals surface area contributed by atoms with E-state index >= 15 is 0 Å². The molecule has 1 aliphatic heterocycles. The van der Waals surface area contributed by atoms with Gasteiger partial charge in [0, 0.05) is 6.08 Å². The van der Waals surface area contributed by atoms with E-state index in [1.165, 1.54) is 19.3 Å². The molecule has 0 saturated carbocycles. The number of hydrazine groups is 1. The average Bonchev–Trinajstić information content (AvgIpc) is 2.98. The Bertz CT molecular complexity index is 853. The van der Waals surface area contributed by atoms with Gasteiger partial charge in [0.1, 0.15) is 0 Å². The number of amides is 2. The van der Waals surface area contributed by atoms with Gasteiger partial charge in [0.2, 0.25) is 5.91 Å². The van der Waals surface area contributed by atoms with Crippen LogP contribution in [0.1, 0.15) is 18.9 Å². The summed E-state index contributed by atoms with van der Waals surface area (Å²) in [4.78, 5) is 23.7. The summed E-state index contributed by atoms with van der Waals surface area (Å²) in [6.45, 7) is 2.24. The molecule has 0 bridgehead atoms. The van der Waals surface area contributed by atoms with E-state index in [1.807, 2.05) is 6.92 Å². The third-order valence-corrected chi connectivity index (χ3v) is 5.92. The summed E-state index contributed by atoms with van der Waals surface area (Å²) in [5.41, 5.74) is 5.06. The van der Waals surface area contributed by atoms with E-state index in [0.29, 0.717) is 28.7 Å². The van der Waals surface area contributed by atoms with Gasteiger partial charge in [-0.05, 0) is 37.1 Å². The first-order valence-corrected chi connectivity index (χ1v) is 10.4. The van der Waals surface area contributed by atoms with Crippen LogP contribution in [0.3, 0.4) is 0 Å². The van der Waals surface area contributed by atoms with Crippen LogP contribution >= 0.6 is 11.6 Å². The predicted molar refractivity (Wildman–Crippen MR) is 101 cm³/mol. The highest BCUT2D eigenvalue weighted by Crippen LogP contribution is 2.36. The lowest BCUT2D eigenvalue weighted by Crippen LogP contribution is -2.44. The highest BCUT2D eigenvalue weighted by molar-refractivity contribution is 7.91. The number of hydrogen-bond donors (Lipinski definition) is 2. The summed E-state index contributed by atoms with van der Waals surface area (Å²) in [7, 11) is -1.69. The molecule has 2 amide bonds. The van der Waals surface area contributed by atoms with E-state index in [0.717, 1.165) is 0 Å². The SMILES string of the molecule is CCOc1cc(/C=C/C(=O)NNC(=O)[C@H]2CCS(=O)(=O)C2)cc(Cl)c1OC. The lowest BCUT2D eigenvalue weighted by atomic mass is 10.1. The van der Waals surface area contributed by atoms with Gasteiger partial charge >= 0.3 is 0 Å². The van der Waals surface area contributed by atoms with Crippen LogP contribution in [0.15, 0.2) is 18.2 Å². The number of ether oxygens (including phenoxy) is 2. The highest BCUT2D eigenvalue weighted by Gasteiger charge is 2.32. The molecule has 1 heterocycles. The van der Waals surface area contributed by atoms with Crippen molar-refractivity contribution in [3.63, 3.8) is 0 Å². The molecule has 8 nitrogen and oxygen atoms in total. The van der Waals surface area contributed by atoms with E-state index in [1.54, 1.807) is 12.1 Å². The Morgan fingerprint density at radius 3 is 2.67 bits per heavy atom. The molecule has 1 aromatic carbocycles. The van der Waals surface area contributed by atoms with Gasteiger partial charge in [-0.2, -0.15) is 0 Å². The lowest BCUT2D eigenvalue weighted by Gasteiger charge is -2.12. The zero-order valence-corrected chi connectivity index (χ0v) is 16.5. The van der Waals surface area contributed by atoms with Gasteiger partial charge < -0.3 is 9.47 Å². The molecule has 148 valence electrons. The second kappa shape index (κ2) is 9.09. The normalized spacial score (nSPS) is 18.3. The van der Waals surface area contributed by atoms with Crippen LogP contribution in [0.2, 0.25) is 5.02 Å². The first kappa shape index (κ1) is 21.0. The van der Waals surface area contributed by atoms with Gasteiger partial charge in [0.25, 0.3) is 5.91 Å². The Labute approximate surface area is 162 Å². The van der Waals surface area contributed by atoms with Crippen LogP contribution in [0.25, 0.3) is 6.08 Å². The number of rotatable bonds is 6. The lowest BCUT2D eigenvalue weighted by molar-refractivity contribution is -0.129. The van der Waals surface area contributed by atoms with Gasteiger partial charge in [-0.15, -0.1) is 0 Å². The van der Waals surface area contributed by atoms with E-state index in [2.05, 4.69) is 10.9 Å². The topological polar surface area (TPSA) is 111 Å². The molecule has 0 aliphatic carbocycles. The summed E-state index contributed by atoms with van der Waals surface area (Å²) < 4.78 is 33.4. The molecule has 27 heavy (non-hydrogen) atoms. The fourth-order valence-electron chi connectivity index (χ4n) is 2.59. The molecule has 2 rings (SSSR count). The zero-order valence-electron chi connectivity index (χ0n) is 15.0. The number of benzene rings is 1. The monoisotopic (exact) mass is 416 g/mol. The van der Waals surface area contributed by atoms with Crippen LogP contribution in [-0.4, -0.2) is 45.5 Å². The Hall–Kier alpha value is -2.26. The van der Waals surface area contributed by atoms with Crippen LogP contribution in [0.5, 0.6) is 11.5 Å². The van der Waals surface area contributed by atoms with Crippen molar-refractivity contribution in [2.45, 2.75) is 13.3 Å². The Balaban J connectivity index is 1.95. The molecule has 0 unspecified atom stereocenters. The first-order valence-electron chi connectivity index (χ1n) is 8.24. The van der Waals surface area contributed by atoms with Gasteiger partial charge in [-0.25, -0.2) is 8.42 Å². The largest absolute Gasteiger partial charge is 0.491 e. The van der Waals surface area contributed by atoms with Crippen molar-refractivity contribution >= 4 is 39.3 Å². The second-order valence-electron chi connectivity index (χ2n) is 5.88. The Morgan fingerprint density at radius 2 is 2.07 bits per heavy atom. The molecular formula is C17H21ClN2O6S. The second-order valence-corrected chi connectivity index (χ2v) is 8.51. The van der Waals surface area contributed by atoms with Crippen molar-refractivity contribution in [2.24, 2.45) is 5.92 Å². The molecule has 1 saturated heterocycles. The van der Waals surface area contributed by atoms with E-state index in [9.17, 15) is 18.0 Å². The van der Waals surface area contributed by atoms with E-state index in [-0.39, 0.29) is 17.9 Å². The van der Waals surface area contributed by atoms with Gasteiger partial charge in [0.15, 0.2) is 21.3 Å². The van der Waals surface area contributed by atoms with Crippen molar-refractivity contribution in [1.82, 2.24) is 10.9 Å². The Morgan fingerprint density at radius 1 is 1.33 bits per heavy atom. The predicted octanol–water partition coefficient (Wildman–Crippen LogP) is 1.34. The smallest absolute Gasteiger partial charge is 0.262 e. The number of methoxy groups -OCH3 is 1. The third-order valence-electron chi connectivity index (χ3n) is 3.88. The highest BCUT2D eigenvalue weighted by atomic mass is 35.5. The maximum atomic E-state index is 11.9. The fourth-order valence-corrected chi connectivity index (χ4v) is 4.62. The molecule has 10 heteroatoms. The van der Waals surface area contributed by atoms with Crippen LogP contribution in [-0.2, 0) is 19.4 Å². The summed E-state index contributed by atoms with van der Waals surface area (Å²) in [5, 5.41) is 0.333. The molecule has 1 aliphatic rings. The van der Waals surface area contributed by atoms with Gasteiger partial charge in [0.05, 0.1) is 36.2 Å². The van der Waals surface area contributed by atoms with Crippen molar-refractivity contribution < 1.29 is 27.5 Å². The minimum absolute atomic E-state index is 0.0146. The number of halogens is 1. The molecule has 0 spiro atoms. The summed E-state index contributed by atoms with van der Waals surface area (Å²) in [5.74, 6) is -1.11. The summed E-state index contributed by atoms with van der Waals surface area (Å²) in [6, 6.07) is 3.27. The zero-order chi connectivity index (χ0) is 20.0. The number of carbonyl (C=O) groups excluding carboxylic acids is 2. The Kier molecular flexibility index (Phi) is 7.09. The standard InChI is InChI=1S/C17H21ClN2O6S/c1-3-26-14-9-11(8-13(18)16(14)25-2)4-5-15(21)19-20-17(22)12-6-7-27(23,24)10-12/h4-5,8-9,12H,3,6-7,10H2,1-2H3,(H,19,21)(H,20,22)/b5-4+/t12-/m0/s1. The quantitative estimate of drug-likeness (QED) is 0.534. The number of nitrogens with one attached hydrogen (secondary N) is 2. The summed E-state index contributed by atoms with van der Waals surface area (Å²) >= 11 is 6.14. The molecule has 1 fully saturated rings. The van der Waals surface area contributed by atoms with Crippen molar-refractivity contribution in [1.29, 1.82) is 0 Å². The maximum Gasteiger partial charge on any atom is 0.262 e. The van der Waals surface area contributed by atoms with Crippen molar-refractivity contribution in [2.75, 3.05) is 25.2 Å². The average molecular weight is 417 g/mol.